The molecule has 0 saturated heterocycles. The van der Waals surface area contributed by atoms with Crippen LogP contribution in [0.25, 0.3) is 11.6 Å². The molecule has 0 spiro atoms. The second kappa shape index (κ2) is 5.93. The van der Waals surface area contributed by atoms with Gasteiger partial charge < -0.3 is 14.3 Å². The second-order valence-corrected chi connectivity index (χ2v) is 5.65. The Labute approximate surface area is 144 Å². The molecule has 0 fully saturated rings. The van der Waals surface area contributed by atoms with Gasteiger partial charge in [0.25, 0.3) is 5.89 Å². The lowest BCUT2D eigenvalue weighted by molar-refractivity contribution is -0.137. The van der Waals surface area contributed by atoms with E-state index in [0.29, 0.717) is 25.7 Å². The summed E-state index contributed by atoms with van der Waals surface area (Å²) in [4.78, 5) is 24.8. The first-order valence-electron chi connectivity index (χ1n) is 7.59. The molecule has 0 saturated carbocycles. The zero-order valence-electron chi connectivity index (χ0n) is 13.1. The number of H-pyrrole nitrogens is 1. The van der Waals surface area contributed by atoms with Gasteiger partial charge in [-0.1, -0.05) is 0 Å². The number of hydrogen-bond donors (Lipinski definition) is 1. The number of carbonyl (C=O) groups excluding carboxylic acids is 1. The summed E-state index contributed by atoms with van der Waals surface area (Å²) in [6.45, 7) is 0.789. The van der Waals surface area contributed by atoms with Gasteiger partial charge >= 0.3 is 18.0 Å². The van der Waals surface area contributed by atoms with Gasteiger partial charge in [0.2, 0.25) is 0 Å². The molecule has 1 aliphatic heterocycles. The molecular weight excluding hydrogens is 353 g/mol. The van der Waals surface area contributed by atoms with Gasteiger partial charge in [-0.15, -0.1) is 10.2 Å². The summed E-state index contributed by atoms with van der Waals surface area (Å²) >= 11 is 0. The highest BCUT2D eigenvalue weighted by atomic mass is 19.4. The van der Waals surface area contributed by atoms with Gasteiger partial charge in [-0.25, -0.2) is 4.98 Å². The number of rotatable bonds is 2. The lowest BCUT2D eigenvalue weighted by atomic mass is 10.1. The van der Waals surface area contributed by atoms with Crippen LogP contribution in [0.2, 0.25) is 0 Å². The average molecular weight is 364 g/mol. The fraction of sp³-hybridized carbons (Fsp3) is 0.267. The molecule has 4 heterocycles. The van der Waals surface area contributed by atoms with E-state index >= 15 is 0 Å². The first-order valence-corrected chi connectivity index (χ1v) is 7.59. The van der Waals surface area contributed by atoms with E-state index in [0.717, 1.165) is 23.5 Å². The molecule has 1 N–H and O–H groups in total. The normalized spacial score (nSPS) is 14.3. The van der Waals surface area contributed by atoms with E-state index in [2.05, 4.69) is 25.1 Å². The third-order valence-corrected chi connectivity index (χ3v) is 3.98. The number of pyridine rings is 1. The Morgan fingerprint density at radius 3 is 2.81 bits per heavy atom. The third-order valence-electron chi connectivity index (χ3n) is 3.98. The minimum atomic E-state index is -4.48. The summed E-state index contributed by atoms with van der Waals surface area (Å²) in [5.74, 6) is -0.832. The van der Waals surface area contributed by atoms with Gasteiger partial charge in [-0.2, -0.15) is 13.2 Å². The summed E-state index contributed by atoms with van der Waals surface area (Å²) in [5, 5.41) is 7.39. The number of aromatic amines is 1. The van der Waals surface area contributed by atoms with Crippen LogP contribution in [0.3, 0.4) is 0 Å². The maximum Gasteiger partial charge on any atom is 0.417 e. The molecule has 0 radical (unpaired) electrons. The summed E-state index contributed by atoms with van der Waals surface area (Å²) in [6, 6.07) is 1.97. The fourth-order valence-corrected chi connectivity index (χ4v) is 2.62. The van der Waals surface area contributed by atoms with Crippen LogP contribution in [0.15, 0.2) is 29.1 Å². The van der Waals surface area contributed by atoms with Gasteiger partial charge in [-0.3, -0.25) is 9.78 Å². The van der Waals surface area contributed by atoms with Crippen LogP contribution >= 0.6 is 0 Å². The molecule has 11 heteroatoms. The Morgan fingerprint density at radius 1 is 1.23 bits per heavy atom. The van der Waals surface area contributed by atoms with E-state index in [1.165, 1.54) is 4.90 Å². The van der Waals surface area contributed by atoms with Gasteiger partial charge in [0.05, 0.1) is 29.8 Å². The molecule has 3 aromatic rings. The van der Waals surface area contributed by atoms with E-state index in [4.69, 9.17) is 4.42 Å². The van der Waals surface area contributed by atoms with Crippen molar-refractivity contribution in [3.8, 4) is 11.6 Å². The highest BCUT2D eigenvalue weighted by molar-refractivity contribution is 5.89. The number of nitrogens with one attached hydrogen (secondary N) is 1. The highest BCUT2D eigenvalue weighted by Gasteiger charge is 2.31. The Morgan fingerprint density at radius 2 is 2.08 bits per heavy atom. The Balaban J connectivity index is 1.52. The van der Waals surface area contributed by atoms with Crippen molar-refractivity contribution in [2.75, 3.05) is 6.54 Å². The smallest absolute Gasteiger partial charge is 0.411 e. The average Bonchev–Trinajstić information content (AvgIpc) is 3.29. The SMILES string of the molecule is O=C(c1nnc(-c2ccc(C(F)(F)F)cn2)o1)N1CCc2nc[nH]c2C1. The number of amides is 1. The molecule has 26 heavy (non-hydrogen) atoms. The summed E-state index contributed by atoms with van der Waals surface area (Å²) in [5.41, 5.74) is 0.919. The molecule has 3 aromatic heterocycles. The Hall–Kier alpha value is -3.24. The lowest BCUT2D eigenvalue weighted by Gasteiger charge is -2.24. The van der Waals surface area contributed by atoms with Crippen molar-refractivity contribution >= 4 is 5.91 Å². The summed E-state index contributed by atoms with van der Waals surface area (Å²) in [6.07, 6.45) is -1.64. The maximum absolute atomic E-state index is 12.6. The zero-order valence-corrected chi connectivity index (χ0v) is 13.1. The third kappa shape index (κ3) is 2.91. The van der Waals surface area contributed by atoms with E-state index < -0.39 is 17.6 Å². The fourth-order valence-electron chi connectivity index (χ4n) is 2.62. The van der Waals surface area contributed by atoms with Gasteiger partial charge in [0.15, 0.2) is 0 Å². The number of alkyl halides is 3. The van der Waals surface area contributed by atoms with Crippen molar-refractivity contribution in [3.63, 3.8) is 0 Å². The molecule has 0 aromatic carbocycles. The van der Waals surface area contributed by atoms with Crippen LogP contribution in [0.4, 0.5) is 13.2 Å². The van der Waals surface area contributed by atoms with Crippen LogP contribution in [0, 0.1) is 0 Å². The molecule has 0 unspecified atom stereocenters. The quantitative estimate of drug-likeness (QED) is 0.747. The summed E-state index contributed by atoms with van der Waals surface area (Å²) < 4.78 is 43.0. The topological polar surface area (TPSA) is 101 Å². The van der Waals surface area contributed by atoms with E-state index in [1.807, 2.05) is 0 Å². The molecule has 4 rings (SSSR count). The molecular formula is C15H11F3N6O2. The molecule has 1 aliphatic rings. The minimum Gasteiger partial charge on any atom is -0.411 e. The van der Waals surface area contributed by atoms with E-state index in [-0.39, 0.29) is 17.5 Å². The molecule has 0 atom stereocenters. The van der Waals surface area contributed by atoms with Gasteiger partial charge in [-0.05, 0) is 12.1 Å². The maximum atomic E-state index is 12.6. The number of halogens is 3. The Bertz CT molecular complexity index is 947. The number of imidazole rings is 1. The van der Waals surface area contributed by atoms with E-state index in [9.17, 15) is 18.0 Å². The zero-order chi connectivity index (χ0) is 18.3. The lowest BCUT2D eigenvalue weighted by Crippen LogP contribution is -2.36. The Kier molecular flexibility index (Phi) is 3.71. The first-order chi connectivity index (χ1) is 12.4. The standard InChI is InChI=1S/C15H11F3N6O2/c16-15(17,18)8-1-2-10(19-5-8)12-22-23-13(26-12)14(25)24-4-3-9-11(6-24)21-7-20-9/h1-2,5,7H,3-4,6H2,(H,20,21). The predicted octanol–water partition coefficient (Wildman–Crippen LogP) is 2.07. The largest absolute Gasteiger partial charge is 0.417 e. The van der Waals surface area contributed by atoms with Crippen molar-refractivity contribution in [3.05, 3.63) is 47.5 Å². The number of carbonyl (C=O) groups is 1. The molecule has 0 aliphatic carbocycles. The molecule has 1 amide bonds. The number of fused-ring (bicyclic) bond motifs is 1. The van der Waals surface area contributed by atoms with Gasteiger partial charge in [0, 0.05) is 19.2 Å². The van der Waals surface area contributed by atoms with Crippen LogP contribution < -0.4 is 0 Å². The number of aromatic nitrogens is 5. The van der Waals surface area contributed by atoms with Crippen molar-refractivity contribution in [1.82, 2.24) is 30.0 Å². The predicted molar refractivity (Wildman–Crippen MR) is 79.6 cm³/mol. The highest BCUT2D eigenvalue weighted by Crippen LogP contribution is 2.29. The van der Waals surface area contributed by atoms with Crippen molar-refractivity contribution in [1.29, 1.82) is 0 Å². The van der Waals surface area contributed by atoms with Crippen molar-refractivity contribution < 1.29 is 22.4 Å². The van der Waals surface area contributed by atoms with E-state index in [1.54, 1.807) is 6.33 Å². The summed E-state index contributed by atoms with van der Waals surface area (Å²) in [7, 11) is 0. The van der Waals surface area contributed by atoms with Crippen LogP contribution in [-0.4, -0.2) is 42.5 Å². The molecule has 0 bridgehead atoms. The van der Waals surface area contributed by atoms with Crippen molar-refractivity contribution in [2.45, 2.75) is 19.1 Å². The second-order valence-electron chi connectivity index (χ2n) is 5.65. The van der Waals surface area contributed by atoms with Gasteiger partial charge in [0.1, 0.15) is 5.69 Å². The van der Waals surface area contributed by atoms with Crippen LogP contribution in [-0.2, 0) is 19.1 Å². The molecule has 134 valence electrons. The number of nitrogens with zero attached hydrogens (tertiary/aromatic N) is 5. The molecule has 8 nitrogen and oxygen atoms in total. The minimum absolute atomic E-state index is 0.0547. The van der Waals surface area contributed by atoms with Crippen LogP contribution in [0.1, 0.15) is 27.6 Å². The monoisotopic (exact) mass is 364 g/mol. The van der Waals surface area contributed by atoms with Crippen LogP contribution in [0.5, 0.6) is 0 Å². The van der Waals surface area contributed by atoms with Crippen molar-refractivity contribution in [2.24, 2.45) is 0 Å². The first kappa shape index (κ1) is 16.2. The number of hydrogen-bond acceptors (Lipinski definition) is 6.